The summed E-state index contributed by atoms with van der Waals surface area (Å²) in [5.74, 6) is 0. The molecule has 0 bridgehead atoms. The topological polar surface area (TPSA) is 73.8 Å². The molecule has 3 N–H and O–H groups in total. The van der Waals surface area contributed by atoms with Gasteiger partial charge in [0.15, 0.2) is 6.23 Å². The van der Waals surface area contributed by atoms with E-state index < -0.39 is 6.23 Å². The number of aliphatic hydroxyl groups excluding tert-OH is 1. The Labute approximate surface area is 161 Å². The number of halogens is 1. The number of hydrogen-bond acceptors (Lipinski definition) is 4. The molecule has 2 aromatic carbocycles. The van der Waals surface area contributed by atoms with Crippen molar-refractivity contribution < 1.29 is 5.11 Å². The van der Waals surface area contributed by atoms with Crippen molar-refractivity contribution in [2.24, 2.45) is 0 Å². The maximum atomic E-state index is 10.5. The highest BCUT2D eigenvalue weighted by Gasteiger charge is 2.13. The van der Waals surface area contributed by atoms with Crippen LogP contribution in [0.3, 0.4) is 0 Å². The number of benzene rings is 2. The van der Waals surface area contributed by atoms with E-state index in [0.717, 1.165) is 22.4 Å². The fourth-order valence-electron chi connectivity index (χ4n) is 2.83. The zero-order valence-corrected chi connectivity index (χ0v) is 15.1. The lowest BCUT2D eigenvalue weighted by atomic mass is 10.1. The molecule has 0 aliphatic heterocycles. The summed E-state index contributed by atoms with van der Waals surface area (Å²) in [5, 5.41) is 21.3. The summed E-state index contributed by atoms with van der Waals surface area (Å²) in [4.78, 5) is 4.24. The summed E-state index contributed by atoms with van der Waals surface area (Å²) < 4.78 is 0. The average molecular weight is 377 g/mol. The molecular weight excluding hydrogens is 360 g/mol. The second-order valence-electron chi connectivity index (χ2n) is 6.06. The predicted molar refractivity (Wildman–Crippen MR) is 107 cm³/mol. The van der Waals surface area contributed by atoms with Crippen LogP contribution in [0.15, 0.2) is 79.1 Å². The lowest BCUT2D eigenvalue weighted by Gasteiger charge is -2.13. The van der Waals surface area contributed by atoms with E-state index in [9.17, 15) is 5.11 Å². The number of pyridine rings is 1. The zero-order valence-electron chi connectivity index (χ0n) is 14.3. The van der Waals surface area contributed by atoms with Gasteiger partial charge in [0.25, 0.3) is 0 Å². The van der Waals surface area contributed by atoms with E-state index in [2.05, 4.69) is 20.5 Å². The Bertz CT molecular complexity index is 1050. The molecule has 2 aromatic heterocycles. The summed E-state index contributed by atoms with van der Waals surface area (Å²) >= 11 is 6.26. The van der Waals surface area contributed by atoms with E-state index >= 15 is 0 Å². The monoisotopic (exact) mass is 376 g/mol. The molecule has 1 unspecified atom stereocenters. The molecule has 27 heavy (non-hydrogen) atoms. The van der Waals surface area contributed by atoms with Crippen molar-refractivity contribution in [3.63, 3.8) is 0 Å². The van der Waals surface area contributed by atoms with Gasteiger partial charge in [0.05, 0.1) is 23.3 Å². The second kappa shape index (κ2) is 7.61. The van der Waals surface area contributed by atoms with Crippen molar-refractivity contribution in [3.05, 3.63) is 89.8 Å². The molecule has 0 amide bonds. The van der Waals surface area contributed by atoms with Crippen molar-refractivity contribution in [2.75, 3.05) is 5.32 Å². The molecule has 1 atom stereocenters. The molecule has 0 aliphatic rings. The number of hydrogen-bond donors (Lipinski definition) is 3. The standard InChI is InChI=1S/C21H17ClN4O/c22-18-9-5-4-8-17(18)15-10-16(13-23-12-15)24-21(27)20-11-19(25-26-20)14-6-2-1-3-7-14/h1-13,21,24,27H,(H,25,26). The zero-order chi connectivity index (χ0) is 18.6. The van der Waals surface area contributed by atoms with E-state index in [1.807, 2.05) is 66.7 Å². The first-order valence-corrected chi connectivity index (χ1v) is 8.84. The highest BCUT2D eigenvalue weighted by molar-refractivity contribution is 6.33. The summed E-state index contributed by atoms with van der Waals surface area (Å²) in [7, 11) is 0. The fraction of sp³-hybridized carbons (Fsp3) is 0.0476. The van der Waals surface area contributed by atoms with Gasteiger partial charge in [0, 0.05) is 27.9 Å². The van der Waals surface area contributed by atoms with Gasteiger partial charge in [-0.25, -0.2) is 0 Å². The van der Waals surface area contributed by atoms with Crippen LogP contribution in [0.1, 0.15) is 11.9 Å². The third-order valence-electron chi connectivity index (χ3n) is 4.19. The van der Waals surface area contributed by atoms with Crippen molar-refractivity contribution in [1.82, 2.24) is 15.2 Å². The minimum absolute atomic E-state index is 0.567. The number of aliphatic hydroxyl groups is 1. The molecule has 0 saturated heterocycles. The number of nitrogens with zero attached hydrogens (tertiary/aromatic N) is 2. The largest absolute Gasteiger partial charge is 0.368 e. The van der Waals surface area contributed by atoms with Crippen LogP contribution in [-0.4, -0.2) is 20.3 Å². The summed E-state index contributed by atoms with van der Waals surface area (Å²) in [5.41, 5.74) is 4.75. The highest BCUT2D eigenvalue weighted by atomic mass is 35.5. The van der Waals surface area contributed by atoms with Crippen LogP contribution in [-0.2, 0) is 0 Å². The Kier molecular flexibility index (Phi) is 4.87. The van der Waals surface area contributed by atoms with Crippen LogP contribution < -0.4 is 5.32 Å². The predicted octanol–water partition coefficient (Wildman–Crippen LogP) is 4.90. The van der Waals surface area contributed by atoms with Crippen LogP contribution >= 0.6 is 11.6 Å². The summed E-state index contributed by atoms with van der Waals surface area (Å²) in [6.07, 6.45) is 2.44. The van der Waals surface area contributed by atoms with Gasteiger partial charge in [-0.3, -0.25) is 10.1 Å². The van der Waals surface area contributed by atoms with E-state index in [1.165, 1.54) is 0 Å². The molecule has 0 aliphatic carbocycles. The number of H-pyrrole nitrogens is 1. The van der Waals surface area contributed by atoms with E-state index in [-0.39, 0.29) is 0 Å². The normalized spacial score (nSPS) is 11.9. The Balaban J connectivity index is 1.54. The number of nitrogens with one attached hydrogen (secondary N) is 2. The van der Waals surface area contributed by atoms with Crippen molar-refractivity contribution in [3.8, 4) is 22.4 Å². The SMILES string of the molecule is OC(Nc1cncc(-c2ccccc2Cl)c1)c1cc(-c2ccccc2)n[nH]1. The van der Waals surface area contributed by atoms with Gasteiger partial charge in [-0.05, 0) is 18.2 Å². The minimum atomic E-state index is -0.946. The molecular formula is C21H17ClN4O. The minimum Gasteiger partial charge on any atom is -0.368 e. The summed E-state index contributed by atoms with van der Waals surface area (Å²) in [6, 6.07) is 21.1. The molecule has 6 heteroatoms. The van der Waals surface area contributed by atoms with Gasteiger partial charge in [-0.2, -0.15) is 5.10 Å². The first kappa shape index (κ1) is 17.3. The van der Waals surface area contributed by atoms with E-state index in [0.29, 0.717) is 16.4 Å². The van der Waals surface area contributed by atoms with E-state index in [1.54, 1.807) is 12.4 Å². The first-order chi connectivity index (χ1) is 13.2. The van der Waals surface area contributed by atoms with Gasteiger partial charge >= 0.3 is 0 Å². The molecule has 134 valence electrons. The third kappa shape index (κ3) is 3.84. The summed E-state index contributed by atoms with van der Waals surface area (Å²) in [6.45, 7) is 0. The third-order valence-corrected chi connectivity index (χ3v) is 4.52. The Morgan fingerprint density at radius 1 is 0.926 bits per heavy atom. The van der Waals surface area contributed by atoms with Gasteiger partial charge in [-0.1, -0.05) is 60.1 Å². The van der Waals surface area contributed by atoms with E-state index in [4.69, 9.17) is 11.6 Å². The lowest BCUT2D eigenvalue weighted by Crippen LogP contribution is -2.10. The number of aromatic nitrogens is 3. The van der Waals surface area contributed by atoms with Crippen LogP contribution in [0.25, 0.3) is 22.4 Å². The van der Waals surface area contributed by atoms with Gasteiger partial charge in [0.2, 0.25) is 0 Å². The smallest absolute Gasteiger partial charge is 0.167 e. The number of anilines is 1. The van der Waals surface area contributed by atoms with Crippen molar-refractivity contribution in [1.29, 1.82) is 0 Å². The Morgan fingerprint density at radius 2 is 1.70 bits per heavy atom. The average Bonchev–Trinajstić information content (AvgIpc) is 3.20. The number of aromatic amines is 1. The van der Waals surface area contributed by atoms with Gasteiger partial charge in [-0.15, -0.1) is 0 Å². The van der Waals surface area contributed by atoms with Gasteiger partial charge in [0.1, 0.15) is 0 Å². The highest BCUT2D eigenvalue weighted by Crippen LogP contribution is 2.29. The maximum absolute atomic E-state index is 10.5. The van der Waals surface area contributed by atoms with Crippen molar-refractivity contribution in [2.45, 2.75) is 6.23 Å². The molecule has 5 nitrogen and oxygen atoms in total. The molecule has 0 saturated carbocycles. The fourth-order valence-corrected chi connectivity index (χ4v) is 3.08. The van der Waals surface area contributed by atoms with Gasteiger partial charge < -0.3 is 10.4 Å². The Hall–Kier alpha value is -3.15. The molecule has 4 aromatic rings. The Morgan fingerprint density at radius 3 is 2.52 bits per heavy atom. The van der Waals surface area contributed by atoms with Crippen molar-refractivity contribution >= 4 is 17.3 Å². The second-order valence-corrected chi connectivity index (χ2v) is 6.47. The number of rotatable bonds is 5. The first-order valence-electron chi connectivity index (χ1n) is 8.46. The maximum Gasteiger partial charge on any atom is 0.167 e. The van der Waals surface area contributed by atoms with Crippen LogP contribution in [0.2, 0.25) is 5.02 Å². The molecule has 0 radical (unpaired) electrons. The van der Waals surface area contributed by atoms with Crippen LogP contribution in [0.5, 0.6) is 0 Å². The molecule has 4 rings (SSSR count). The molecule has 0 spiro atoms. The molecule has 2 heterocycles. The molecule has 0 fully saturated rings. The quantitative estimate of drug-likeness (QED) is 0.433. The van der Waals surface area contributed by atoms with Crippen LogP contribution in [0, 0.1) is 0 Å². The van der Waals surface area contributed by atoms with Crippen LogP contribution in [0.4, 0.5) is 5.69 Å². The lowest BCUT2D eigenvalue weighted by molar-refractivity contribution is 0.203.